The number of rotatable bonds is 2. The second-order valence-corrected chi connectivity index (χ2v) is 7.65. The van der Waals surface area contributed by atoms with Gasteiger partial charge in [0.2, 0.25) is 5.91 Å². The van der Waals surface area contributed by atoms with E-state index in [0.29, 0.717) is 6.42 Å². The van der Waals surface area contributed by atoms with Gasteiger partial charge in [-0.25, -0.2) is 0 Å². The van der Waals surface area contributed by atoms with Crippen molar-refractivity contribution in [3.63, 3.8) is 0 Å². The van der Waals surface area contributed by atoms with Crippen LogP contribution in [-0.2, 0) is 9.59 Å². The average Bonchev–Trinajstić information content (AvgIpc) is 2.75. The molecule has 2 rings (SSSR count). The molecule has 2 atom stereocenters. The number of carbonyl (C=O) groups excluding carboxylic acids is 1. The van der Waals surface area contributed by atoms with Crippen molar-refractivity contribution in [1.82, 2.24) is 4.90 Å². The first kappa shape index (κ1) is 13.7. The number of carboxylic acid groups (broad SMARTS) is 1. The number of nitrogens with zero attached hydrogens (tertiary/aromatic N) is 1. The Balaban J connectivity index is 2.04. The molecule has 0 bridgehead atoms. The molecule has 0 unspecified atom stereocenters. The summed E-state index contributed by atoms with van der Waals surface area (Å²) in [6.45, 7) is 5.77. The molecular weight excluding hydrogens is 250 g/mol. The van der Waals surface area contributed by atoms with Gasteiger partial charge in [-0.1, -0.05) is 6.42 Å². The van der Waals surface area contributed by atoms with Gasteiger partial charge in [-0.15, -0.1) is 0 Å². The largest absolute Gasteiger partial charge is 0.481 e. The zero-order valence-electron chi connectivity index (χ0n) is 11.0. The predicted molar refractivity (Wildman–Crippen MR) is 71.6 cm³/mol. The average molecular weight is 271 g/mol. The zero-order valence-corrected chi connectivity index (χ0v) is 11.8. The Morgan fingerprint density at radius 2 is 1.94 bits per heavy atom. The summed E-state index contributed by atoms with van der Waals surface area (Å²) in [7, 11) is 0. The second-order valence-electron chi connectivity index (χ2n) is 5.85. The van der Waals surface area contributed by atoms with Crippen LogP contribution in [0, 0.1) is 11.8 Å². The third-order valence-corrected chi connectivity index (χ3v) is 5.18. The number of amides is 1. The number of carbonyl (C=O) groups is 2. The Labute approximate surface area is 112 Å². The smallest absolute Gasteiger partial charge is 0.307 e. The van der Waals surface area contributed by atoms with Gasteiger partial charge in [0.15, 0.2) is 0 Å². The first-order valence-corrected chi connectivity index (χ1v) is 7.55. The summed E-state index contributed by atoms with van der Waals surface area (Å²) in [4.78, 5) is 25.5. The summed E-state index contributed by atoms with van der Waals surface area (Å²) in [5.41, 5.74) is 0. The molecule has 1 aliphatic carbocycles. The Morgan fingerprint density at radius 3 is 2.56 bits per heavy atom. The first-order chi connectivity index (χ1) is 8.41. The number of carboxylic acids is 1. The maximum absolute atomic E-state index is 12.5. The van der Waals surface area contributed by atoms with Crippen molar-refractivity contribution in [1.29, 1.82) is 0 Å². The molecule has 4 nitrogen and oxygen atoms in total. The minimum atomic E-state index is -0.809. The third-order valence-electron chi connectivity index (χ3n) is 3.89. The van der Waals surface area contributed by atoms with E-state index in [1.165, 1.54) is 0 Å². The fourth-order valence-electron chi connectivity index (χ4n) is 2.99. The van der Waals surface area contributed by atoms with Crippen LogP contribution in [0.2, 0.25) is 0 Å². The molecule has 1 saturated heterocycles. The van der Waals surface area contributed by atoms with E-state index in [1.54, 1.807) is 0 Å². The van der Waals surface area contributed by atoms with E-state index in [0.717, 1.165) is 31.7 Å². The highest BCUT2D eigenvalue weighted by Gasteiger charge is 2.41. The van der Waals surface area contributed by atoms with Crippen LogP contribution in [0.15, 0.2) is 0 Å². The van der Waals surface area contributed by atoms with Crippen LogP contribution < -0.4 is 0 Å². The normalized spacial score (nSPS) is 31.3. The maximum Gasteiger partial charge on any atom is 0.307 e. The van der Waals surface area contributed by atoms with Crippen LogP contribution in [0.4, 0.5) is 0 Å². The van der Waals surface area contributed by atoms with Crippen LogP contribution in [0.1, 0.15) is 33.1 Å². The molecule has 2 aliphatic rings. The Bertz CT molecular complexity index is 356. The van der Waals surface area contributed by atoms with Gasteiger partial charge in [-0.2, -0.15) is 11.8 Å². The van der Waals surface area contributed by atoms with Crippen LogP contribution >= 0.6 is 11.8 Å². The number of hydrogen-bond acceptors (Lipinski definition) is 3. The molecular formula is C13H21NO3S. The van der Waals surface area contributed by atoms with Gasteiger partial charge in [0.05, 0.1) is 11.8 Å². The quantitative estimate of drug-likeness (QED) is 0.832. The SMILES string of the molecule is CC1(C)CN(C(=O)[C@@H]2CCC[C@@H]2C(=O)O)CCS1. The van der Waals surface area contributed by atoms with Crippen molar-refractivity contribution < 1.29 is 14.7 Å². The molecule has 18 heavy (non-hydrogen) atoms. The van der Waals surface area contributed by atoms with E-state index in [-0.39, 0.29) is 16.6 Å². The Kier molecular flexibility index (Phi) is 3.90. The van der Waals surface area contributed by atoms with Crippen molar-refractivity contribution in [2.24, 2.45) is 11.8 Å². The molecule has 1 aliphatic heterocycles. The first-order valence-electron chi connectivity index (χ1n) is 6.56. The zero-order chi connectivity index (χ0) is 13.3. The molecule has 0 aromatic carbocycles. The van der Waals surface area contributed by atoms with Crippen LogP contribution in [0.25, 0.3) is 0 Å². The van der Waals surface area contributed by atoms with Crippen LogP contribution in [0.5, 0.6) is 0 Å². The fourth-order valence-corrected chi connectivity index (χ4v) is 4.10. The molecule has 0 aromatic rings. The number of hydrogen-bond donors (Lipinski definition) is 1. The minimum absolute atomic E-state index is 0.0632. The monoisotopic (exact) mass is 271 g/mol. The molecule has 1 N–H and O–H groups in total. The third kappa shape index (κ3) is 2.82. The molecule has 1 heterocycles. The Hall–Kier alpha value is -0.710. The van der Waals surface area contributed by atoms with Crippen molar-refractivity contribution in [3.8, 4) is 0 Å². The summed E-state index contributed by atoms with van der Waals surface area (Å²) in [5.74, 6) is -0.551. The highest BCUT2D eigenvalue weighted by atomic mass is 32.2. The van der Waals surface area contributed by atoms with E-state index in [1.807, 2.05) is 16.7 Å². The van der Waals surface area contributed by atoms with Crippen molar-refractivity contribution in [2.45, 2.75) is 37.9 Å². The van der Waals surface area contributed by atoms with Gasteiger partial charge < -0.3 is 10.0 Å². The number of aliphatic carboxylic acids is 1. The maximum atomic E-state index is 12.5. The van der Waals surface area contributed by atoms with Gasteiger partial charge in [-0.05, 0) is 26.7 Å². The lowest BCUT2D eigenvalue weighted by Crippen LogP contribution is -2.49. The van der Waals surface area contributed by atoms with E-state index in [9.17, 15) is 9.59 Å². The van der Waals surface area contributed by atoms with Gasteiger partial charge in [0, 0.05) is 23.6 Å². The van der Waals surface area contributed by atoms with Crippen molar-refractivity contribution >= 4 is 23.6 Å². The standard InChI is InChI=1S/C13H21NO3S/c1-13(2)8-14(6-7-18-13)11(15)9-4-3-5-10(9)12(16)17/h9-10H,3-8H2,1-2H3,(H,16,17)/t9-,10+/m1/s1. The van der Waals surface area contributed by atoms with E-state index in [2.05, 4.69) is 13.8 Å². The second kappa shape index (κ2) is 5.11. The predicted octanol–water partition coefficient (Wildman–Crippen LogP) is 1.84. The summed E-state index contributed by atoms with van der Waals surface area (Å²) >= 11 is 1.88. The minimum Gasteiger partial charge on any atom is -0.481 e. The van der Waals surface area contributed by atoms with Crippen LogP contribution in [-0.4, -0.2) is 45.5 Å². The van der Waals surface area contributed by atoms with Crippen molar-refractivity contribution in [2.75, 3.05) is 18.8 Å². The highest BCUT2D eigenvalue weighted by molar-refractivity contribution is 8.00. The van der Waals surface area contributed by atoms with E-state index in [4.69, 9.17) is 5.11 Å². The molecule has 1 amide bonds. The van der Waals surface area contributed by atoms with E-state index < -0.39 is 11.9 Å². The summed E-state index contributed by atoms with van der Waals surface area (Å²) in [6.07, 6.45) is 2.25. The summed E-state index contributed by atoms with van der Waals surface area (Å²) in [5, 5.41) is 9.16. The van der Waals surface area contributed by atoms with Gasteiger partial charge >= 0.3 is 5.97 Å². The summed E-state index contributed by atoms with van der Waals surface area (Å²) in [6, 6.07) is 0. The molecule has 2 fully saturated rings. The van der Waals surface area contributed by atoms with Crippen LogP contribution in [0.3, 0.4) is 0 Å². The molecule has 5 heteroatoms. The highest BCUT2D eigenvalue weighted by Crippen LogP contribution is 2.36. The molecule has 1 saturated carbocycles. The fraction of sp³-hybridized carbons (Fsp3) is 0.846. The topological polar surface area (TPSA) is 57.6 Å². The molecule has 102 valence electrons. The van der Waals surface area contributed by atoms with Gasteiger partial charge in [-0.3, -0.25) is 9.59 Å². The lowest BCUT2D eigenvalue weighted by atomic mass is 9.94. The van der Waals surface area contributed by atoms with Gasteiger partial charge in [0.1, 0.15) is 0 Å². The lowest BCUT2D eigenvalue weighted by molar-refractivity contribution is -0.149. The molecule has 0 spiro atoms. The van der Waals surface area contributed by atoms with Crippen molar-refractivity contribution in [3.05, 3.63) is 0 Å². The molecule has 0 radical (unpaired) electrons. The summed E-state index contributed by atoms with van der Waals surface area (Å²) < 4.78 is 0.0885. The Morgan fingerprint density at radius 1 is 1.28 bits per heavy atom. The van der Waals surface area contributed by atoms with E-state index >= 15 is 0 Å². The lowest BCUT2D eigenvalue weighted by Gasteiger charge is -2.39. The number of thioether (sulfide) groups is 1. The van der Waals surface area contributed by atoms with Gasteiger partial charge in [0.25, 0.3) is 0 Å². The molecule has 0 aromatic heterocycles.